The van der Waals surface area contributed by atoms with Crippen molar-refractivity contribution < 1.29 is 0 Å². The molecule has 2 unspecified atom stereocenters. The highest BCUT2D eigenvalue weighted by atomic mass is 79.9. The van der Waals surface area contributed by atoms with Crippen LogP contribution in [0.3, 0.4) is 0 Å². The molecule has 0 aliphatic carbocycles. The molecule has 2 bridgehead atoms. The van der Waals surface area contributed by atoms with E-state index in [1.165, 1.54) is 36.5 Å². The van der Waals surface area contributed by atoms with Gasteiger partial charge in [0.15, 0.2) is 0 Å². The Labute approximate surface area is 133 Å². The van der Waals surface area contributed by atoms with Crippen molar-refractivity contribution in [3.05, 3.63) is 34.9 Å². The van der Waals surface area contributed by atoms with Gasteiger partial charge in [0.25, 0.3) is 0 Å². The zero-order valence-electron chi connectivity index (χ0n) is 12.2. The molecule has 2 atom stereocenters. The molecule has 0 saturated carbocycles. The molecule has 2 aliphatic heterocycles. The van der Waals surface area contributed by atoms with E-state index in [1.54, 1.807) is 0 Å². The average Bonchev–Trinajstić information content (AvgIpc) is 2.85. The Kier molecular flexibility index (Phi) is 3.38. The number of aromatic nitrogens is 1. The predicted octanol–water partition coefficient (Wildman–Crippen LogP) is 3.72. The summed E-state index contributed by atoms with van der Waals surface area (Å²) in [7, 11) is 2.21. The fourth-order valence-corrected chi connectivity index (χ4v) is 4.45. The fraction of sp³-hybridized carbons (Fsp3) is 0.471. The third-order valence-electron chi connectivity index (χ3n) is 5.06. The zero-order chi connectivity index (χ0) is 14.4. The molecule has 0 amide bonds. The summed E-state index contributed by atoms with van der Waals surface area (Å²) < 4.78 is 1.14. The number of rotatable bonds is 2. The van der Waals surface area contributed by atoms with Crippen LogP contribution < -0.4 is 10.2 Å². The first-order valence-corrected chi connectivity index (χ1v) is 8.54. The van der Waals surface area contributed by atoms with Gasteiger partial charge in [-0.2, -0.15) is 0 Å². The molecule has 1 aromatic carbocycles. The molecule has 21 heavy (non-hydrogen) atoms. The largest absolute Gasteiger partial charge is 0.356 e. The molecule has 1 aromatic heterocycles. The number of halogens is 1. The molecular weight excluding hydrogens is 326 g/mol. The number of hydrogen-bond donors (Lipinski definition) is 1. The molecule has 3 heterocycles. The summed E-state index contributed by atoms with van der Waals surface area (Å²) in [4.78, 5) is 7.08. The third kappa shape index (κ3) is 2.34. The van der Waals surface area contributed by atoms with Crippen molar-refractivity contribution in [2.75, 3.05) is 11.9 Å². The van der Waals surface area contributed by atoms with Crippen molar-refractivity contribution in [1.29, 1.82) is 0 Å². The van der Waals surface area contributed by atoms with E-state index in [-0.39, 0.29) is 0 Å². The van der Waals surface area contributed by atoms with Crippen molar-refractivity contribution in [2.45, 2.75) is 43.8 Å². The van der Waals surface area contributed by atoms with E-state index in [0.29, 0.717) is 18.1 Å². The van der Waals surface area contributed by atoms with E-state index >= 15 is 0 Å². The maximum absolute atomic E-state index is 4.68. The van der Waals surface area contributed by atoms with Gasteiger partial charge in [0.1, 0.15) is 5.82 Å². The third-order valence-corrected chi connectivity index (χ3v) is 5.75. The van der Waals surface area contributed by atoms with E-state index in [2.05, 4.69) is 62.4 Å². The van der Waals surface area contributed by atoms with Crippen LogP contribution in [0.1, 0.15) is 25.7 Å². The molecule has 3 nitrogen and oxygen atoms in total. The topological polar surface area (TPSA) is 28.2 Å². The second kappa shape index (κ2) is 5.25. The maximum Gasteiger partial charge on any atom is 0.136 e. The smallest absolute Gasteiger partial charge is 0.136 e. The lowest BCUT2D eigenvalue weighted by atomic mass is 9.98. The standard InChI is InChI=1S/C17H20BrN3/c1-21(13-9-11-5-6-12(10-13)20-11)17-15-3-2-4-16(18)14(15)7-8-19-17/h2-4,7-8,11-13,20H,5-6,9-10H2,1H3. The lowest BCUT2D eigenvalue weighted by Gasteiger charge is -2.36. The van der Waals surface area contributed by atoms with E-state index in [0.717, 1.165) is 10.3 Å². The SMILES string of the molecule is CN(c1nccc2c(Br)cccc12)C1CC2CCC(C1)N2. The Morgan fingerprint density at radius 2 is 1.90 bits per heavy atom. The second-order valence-corrected chi connectivity index (χ2v) is 7.20. The van der Waals surface area contributed by atoms with Crippen LogP contribution in [0.15, 0.2) is 34.9 Å². The monoisotopic (exact) mass is 345 g/mol. The number of piperidine rings is 1. The molecule has 2 aromatic rings. The normalized spacial score (nSPS) is 28.0. The molecule has 0 spiro atoms. The number of nitrogens with zero attached hydrogens (tertiary/aromatic N) is 2. The lowest BCUT2D eigenvalue weighted by Crippen LogP contribution is -2.47. The van der Waals surface area contributed by atoms with Crippen LogP contribution >= 0.6 is 15.9 Å². The summed E-state index contributed by atoms with van der Waals surface area (Å²) in [6, 6.07) is 10.5. The Morgan fingerprint density at radius 3 is 2.67 bits per heavy atom. The molecule has 110 valence electrons. The number of nitrogens with one attached hydrogen (secondary N) is 1. The van der Waals surface area contributed by atoms with Gasteiger partial charge in [0.2, 0.25) is 0 Å². The van der Waals surface area contributed by atoms with Crippen LogP contribution in [0.2, 0.25) is 0 Å². The molecule has 0 radical (unpaired) electrons. The highest BCUT2D eigenvalue weighted by Gasteiger charge is 2.35. The van der Waals surface area contributed by atoms with Gasteiger partial charge in [-0.05, 0) is 37.8 Å². The van der Waals surface area contributed by atoms with Gasteiger partial charge in [0, 0.05) is 46.6 Å². The molecule has 2 saturated heterocycles. The van der Waals surface area contributed by atoms with Gasteiger partial charge in [0.05, 0.1) is 0 Å². The second-order valence-electron chi connectivity index (χ2n) is 6.34. The molecule has 4 heteroatoms. The quantitative estimate of drug-likeness (QED) is 0.898. The minimum Gasteiger partial charge on any atom is -0.356 e. The van der Waals surface area contributed by atoms with Crippen LogP contribution in [-0.2, 0) is 0 Å². The first kappa shape index (κ1) is 13.5. The van der Waals surface area contributed by atoms with E-state index in [9.17, 15) is 0 Å². The predicted molar refractivity (Wildman–Crippen MR) is 90.8 cm³/mol. The van der Waals surface area contributed by atoms with Gasteiger partial charge >= 0.3 is 0 Å². The van der Waals surface area contributed by atoms with Gasteiger partial charge in [-0.1, -0.05) is 28.1 Å². The summed E-state index contributed by atoms with van der Waals surface area (Å²) in [5, 5.41) is 6.20. The number of benzene rings is 1. The van der Waals surface area contributed by atoms with Crippen molar-refractivity contribution in [3.8, 4) is 0 Å². The van der Waals surface area contributed by atoms with Crippen molar-refractivity contribution >= 4 is 32.5 Å². The van der Waals surface area contributed by atoms with Crippen LogP contribution in [-0.4, -0.2) is 30.2 Å². The molecule has 1 N–H and O–H groups in total. The number of fused-ring (bicyclic) bond motifs is 3. The number of hydrogen-bond acceptors (Lipinski definition) is 3. The first-order chi connectivity index (χ1) is 10.2. The van der Waals surface area contributed by atoms with Crippen LogP contribution in [0.25, 0.3) is 10.8 Å². The molecule has 2 fully saturated rings. The van der Waals surface area contributed by atoms with E-state index in [1.807, 2.05) is 6.20 Å². The van der Waals surface area contributed by atoms with E-state index < -0.39 is 0 Å². The lowest BCUT2D eigenvalue weighted by molar-refractivity contribution is 0.354. The van der Waals surface area contributed by atoms with Crippen molar-refractivity contribution in [3.63, 3.8) is 0 Å². The van der Waals surface area contributed by atoms with Crippen molar-refractivity contribution in [2.24, 2.45) is 0 Å². The maximum atomic E-state index is 4.68. The summed E-state index contributed by atoms with van der Waals surface area (Å²) in [5.74, 6) is 1.11. The molecule has 2 aliphatic rings. The van der Waals surface area contributed by atoms with Crippen molar-refractivity contribution in [1.82, 2.24) is 10.3 Å². The Balaban J connectivity index is 1.71. The summed E-state index contributed by atoms with van der Waals surface area (Å²) >= 11 is 3.65. The Hall–Kier alpha value is -1.13. The minimum absolute atomic E-state index is 0.598. The van der Waals surface area contributed by atoms with Gasteiger partial charge in [-0.15, -0.1) is 0 Å². The van der Waals surface area contributed by atoms with Crippen LogP contribution in [0, 0.1) is 0 Å². The van der Waals surface area contributed by atoms with Crippen LogP contribution in [0.5, 0.6) is 0 Å². The Bertz CT molecular complexity index is 660. The average molecular weight is 346 g/mol. The van der Waals surface area contributed by atoms with Crippen LogP contribution in [0.4, 0.5) is 5.82 Å². The zero-order valence-corrected chi connectivity index (χ0v) is 13.8. The molecule has 4 rings (SSSR count). The number of anilines is 1. The Morgan fingerprint density at radius 1 is 1.14 bits per heavy atom. The highest BCUT2D eigenvalue weighted by molar-refractivity contribution is 9.10. The van der Waals surface area contributed by atoms with Gasteiger partial charge < -0.3 is 10.2 Å². The molecular formula is C17H20BrN3. The van der Waals surface area contributed by atoms with E-state index in [4.69, 9.17) is 0 Å². The summed E-state index contributed by atoms with van der Waals surface area (Å²) in [6.45, 7) is 0. The van der Waals surface area contributed by atoms with Gasteiger partial charge in [-0.25, -0.2) is 4.98 Å². The summed E-state index contributed by atoms with van der Waals surface area (Å²) in [6.07, 6.45) is 7.07. The minimum atomic E-state index is 0.598. The highest BCUT2D eigenvalue weighted by Crippen LogP contribution is 2.34. The number of pyridine rings is 1. The fourth-order valence-electron chi connectivity index (χ4n) is 3.95. The first-order valence-electron chi connectivity index (χ1n) is 7.74. The summed E-state index contributed by atoms with van der Waals surface area (Å²) in [5.41, 5.74) is 0. The van der Waals surface area contributed by atoms with Gasteiger partial charge in [-0.3, -0.25) is 0 Å².